The Morgan fingerprint density at radius 3 is 2.30 bits per heavy atom. The minimum Gasteiger partial charge on any atom is -0.366 e. The van der Waals surface area contributed by atoms with Crippen LogP contribution in [0.25, 0.3) is 22.3 Å². The lowest BCUT2D eigenvalue weighted by molar-refractivity contribution is -0.124. The Hall–Kier alpha value is -5.04. The van der Waals surface area contributed by atoms with Crippen LogP contribution in [0.4, 0.5) is 24.8 Å². The number of likely N-dealkylation sites (tertiary alicyclic amines) is 1. The van der Waals surface area contributed by atoms with Gasteiger partial charge in [-0.1, -0.05) is 31.9 Å². The second-order valence-corrected chi connectivity index (χ2v) is 21.9. The maximum Gasteiger partial charge on any atom is 0.255 e. The van der Waals surface area contributed by atoms with Crippen molar-refractivity contribution in [3.8, 4) is 11.3 Å². The summed E-state index contributed by atoms with van der Waals surface area (Å²) in [5, 5.41) is 6.60. The van der Waals surface area contributed by atoms with Gasteiger partial charge in [0, 0.05) is 86.4 Å². The summed E-state index contributed by atoms with van der Waals surface area (Å²) in [6.45, 7) is 17.9. The molecule has 5 aliphatic heterocycles. The number of hydrogen-bond donors (Lipinski definition) is 2. The van der Waals surface area contributed by atoms with E-state index >= 15 is 13.2 Å². The molecule has 2 amide bonds. The maximum absolute atomic E-state index is 15.6. The zero-order chi connectivity index (χ0) is 49.4. The van der Waals surface area contributed by atoms with Crippen LogP contribution in [0.3, 0.4) is 0 Å². The van der Waals surface area contributed by atoms with Crippen molar-refractivity contribution in [2.75, 3.05) is 63.1 Å². The number of benzene rings is 2. The molecule has 5 fully saturated rings. The zero-order valence-electron chi connectivity index (χ0n) is 41.2. The number of aryl methyl sites for hydroxylation is 1. The Morgan fingerprint density at radius 2 is 1.64 bits per heavy atom. The number of nitrogens with one attached hydrogen (secondary N) is 2. The molecule has 70 heavy (non-hydrogen) atoms. The number of hydrogen-bond acceptors (Lipinski definition) is 12. The first-order valence-corrected chi connectivity index (χ1v) is 26.2. The first kappa shape index (κ1) is 49.9. The van der Waals surface area contributed by atoms with Gasteiger partial charge in [0.25, 0.3) is 5.91 Å². The van der Waals surface area contributed by atoms with Crippen molar-refractivity contribution in [2.24, 2.45) is 5.92 Å². The van der Waals surface area contributed by atoms with Crippen LogP contribution in [0.15, 0.2) is 43.2 Å². The molecule has 2 aromatic carbocycles. The van der Waals surface area contributed by atoms with Gasteiger partial charge < -0.3 is 29.9 Å². The molecule has 14 nitrogen and oxygen atoms in total. The number of nitrogens with zero attached hydrogens (tertiary/aromatic N) is 9. The van der Waals surface area contributed by atoms with E-state index in [9.17, 15) is 14.4 Å². The predicted octanol–water partition coefficient (Wildman–Crippen LogP) is 8.23. The van der Waals surface area contributed by atoms with Gasteiger partial charge in [0.15, 0.2) is 17.9 Å². The van der Waals surface area contributed by atoms with Gasteiger partial charge in [0.2, 0.25) is 11.9 Å². The molecule has 0 saturated carbocycles. The summed E-state index contributed by atoms with van der Waals surface area (Å²) >= 11 is 2.01. The zero-order valence-corrected chi connectivity index (χ0v) is 42.0. The standard InChI is InChI=1S/C52H68F3N11O3S/c1-7-9-45(50(68)56-8-2)61(6)51(69)41-25-46(42(53)23-35(41)30-67)63-28-39(29-63)66-37-10-11-38(66)21-33(20-37)27-62-16-14-40(15-17-62)70-64-18-12-36(13-19-64)59-52-57-26-44(55)48(60-52)34-22-43(54)49-47(24-34)65(31(3)4)32(5)58-49/h8,22-26,30-31,33,36-40,45H,2,7,9-21,27-29H2,1,3-6H3,(H,56,68)(H,57,59,60). The van der Waals surface area contributed by atoms with E-state index in [4.69, 9.17) is 0 Å². The smallest absolute Gasteiger partial charge is 0.255 e. The third-order valence-corrected chi connectivity index (χ3v) is 16.9. The molecule has 2 aromatic heterocycles. The lowest BCUT2D eigenvalue weighted by atomic mass is 9.87. The first-order chi connectivity index (χ1) is 33.7. The topological polar surface area (TPSA) is 135 Å². The summed E-state index contributed by atoms with van der Waals surface area (Å²) in [6.07, 6.45) is 13.0. The minimum absolute atomic E-state index is 0.0311. The van der Waals surface area contributed by atoms with E-state index in [0.29, 0.717) is 90.1 Å². The SMILES string of the molecule is C=CNC(=O)C(CCC)N(C)C(=O)c1cc(N2CC(N3C4CCC3CC(CN3CCC(SN5CCC(Nc6ncc(F)c(-c7cc(F)c8nc(C)n(C(C)C)c8c7)n6)CC5)CC3)C4)C2)c(F)cc1C=O. The average Bonchev–Trinajstić information content (AvgIpc) is 3.80. The quantitative estimate of drug-likeness (QED) is 0.0780. The summed E-state index contributed by atoms with van der Waals surface area (Å²) in [6, 6.07) is 6.52. The van der Waals surface area contributed by atoms with Crippen LogP contribution < -0.4 is 15.5 Å². The lowest BCUT2D eigenvalue weighted by Gasteiger charge is -2.52. The Kier molecular flexibility index (Phi) is 15.2. The minimum atomic E-state index is -0.758. The average molecular weight is 984 g/mol. The normalized spacial score (nSPS) is 22.4. The van der Waals surface area contributed by atoms with E-state index in [1.165, 1.54) is 61.8 Å². The summed E-state index contributed by atoms with van der Waals surface area (Å²) in [4.78, 5) is 60.5. The number of amides is 2. The van der Waals surface area contributed by atoms with Crippen LogP contribution in [0, 0.1) is 30.3 Å². The number of aromatic nitrogens is 4. The van der Waals surface area contributed by atoms with Gasteiger partial charge in [0.05, 0.1) is 23.0 Å². The number of imidazole rings is 1. The van der Waals surface area contributed by atoms with Crippen molar-refractivity contribution in [3.63, 3.8) is 0 Å². The maximum atomic E-state index is 15.6. The molecule has 2 N–H and O–H groups in total. The summed E-state index contributed by atoms with van der Waals surface area (Å²) in [5.74, 6) is -0.783. The van der Waals surface area contributed by atoms with E-state index in [1.54, 1.807) is 13.1 Å². The number of anilines is 2. The molecule has 0 spiro atoms. The van der Waals surface area contributed by atoms with Gasteiger partial charge in [-0.05, 0) is 128 Å². The van der Waals surface area contributed by atoms with Crippen molar-refractivity contribution >= 4 is 52.7 Å². The second-order valence-electron chi connectivity index (χ2n) is 20.5. The number of fused-ring (bicyclic) bond motifs is 3. The van der Waals surface area contributed by atoms with Gasteiger partial charge in [-0.15, -0.1) is 0 Å². The van der Waals surface area contributed by atoms with Crippen molar-refractivity contribution in [1.29, 1.82) is 0 Å². The number of piperidine rings is 3. The molecule has 18 heteroatoms. The van der Waals surface area contributed by atoms with Crippen LogP contribution in [0.5, 0.6) is 0 Å². The van der Waals surface area contributed by atoms with Crippen LogP contribution >= 0.6 is 11.9 Å². The molecule has 3 unspecified atom stereocenters. The molecule has 3 atom stereocenters. The molecule has 2 bridgehead atoms. The summed E-state index contributed by atoms with van der Waals surface area (Å²) in [5.41, 5.74) is 1.68. The highest BCUT2D eigenvalue weighted by molar-refractivity contribution is 7.97. The molecule has 5 aliphatic rings. The number of aldehydes is 1. The van der Waals surface area contributed by atoms with E-state index in [2.05, 4.69) is 46.3 Å². The Morgan fingerprint density at radius 1 is 0.929 bits per heavy atom. The Labute approximate surface area is 413 Å². The molecule has 4 aromatic rings. The lowest BCUT2D eigenvalue weighted by Crippen LogP contribution is -2.64. The number of rotatable bonds is 17. The number of carbonyl (C=O) groups is 3. The van der Waals surface area contributed by atoms with E-state index in [-0.39, 0.29) is 40.3 Å². The second kappa shape index (κ2) is 21.4. The highest BCUT2D eigenvalue weighted by atomic mass is 32.2. The molecule has 0 aliphatic carbocycles. The van der Waals surface area contributed by atoms with Crippen LogP contribution in [0.1, 0.15) is 118 Å². The van der Waals surface area contributed by atoms with E-state index < -0.39 is 29.4 Å². The third kappa shape index (κ3) is 10.3. The fraction of sp³-hybridized carbons (Fsp3) is 0.577. The molecule has 7 heterocycles. The first-order valence-electron chi connectivity index (χ1n) is 25.3. The summed E-state index contributed by atoms with van der Waals surface area (Å²) < 4.78 is 50.4. The van der Waals surface area contributed by atoms with Gasteiger partial charge in [-0.2, -0.15) is 0 Å². The fourth-order valence-electron chi connectivity index (χ4n) is 12.1. The molecule has 9 rings (SSSR count). The highest BCUT2D eigenvalue weighted by Gasteiger charge is 2.48. The van der Waals surface area contributed by atoms with E-state index in [0.717, 1.165) is 57.8 Å². The Balaban J connectivity index is 0.717. The van der Waals surface area contributed by atoms with Crippen molar-refractivity contribution in [1.82, 2.24) is 43.8 Å². The fourth-order valence-corrected chi connectivity index (χ4v) is 13.3. The molecular formula is C52H68F3N11O3S. The van der Waals surface area contributed by atoms with Crippen molar-refractivity contribution < 1.29 is 27.6 Å². The molecule has 376 valence electrons. The summed E-state index contributed by atoms with van der Waals surface area (Å²) in [7, 11) is 1.54. The van der Waals surface area contributed by atoms with Gasteiger partial charge in [-0.3, -0.25) is 23.6 Å². The van der Waals surface area contributed by atoms with E-state index in [1.807, 2.05) is 49.1 Å². The van der Waals surface area contributed by atoms with Crippen LogP contribution in [-0.4, -0.2) is 145 Å². The van der Waals surface area contributed by atoms with Gasteiger partial charge >= 0.3 is 0 Å². The molecule has 5 saturated heterocycles. The monoisotopic (exact) mass is 984 g/mol. The largest absolute Gasteiger partial charge is 0.366 e. The van der Waals surface area contributed by atoms with Crippen LogP contribution in [0.2, 0.25) is 0 Å². The molecule has 0 radical (unpaired) electrons. The molecular weight excluding hydrogens is 916 g/mol. The van der Waals surface area contributed by atoms with Gasteiger partial charge in [0.1, 0.15) is 28.9 Å². The van der Waals surface area contributed by atoms with Crippen LogP contribution in [-0.2, 0) is 4.79 Å². The predicted molar refractivity (Wildman–Crippen MR) is 269 cm³/mol. The van der Waals surface area contributed by atoms with Gasteiger partial charge in [-0.25, -0.2) is 28.1 Å². The number of likely N-dealkylation sites (N-methyl/N-ethyl adjacent to an activating group) is 1. The Bertz CT molecular complexity index is 2560. The highest BCUT2D eigenvalue weighted by Crippen LogP contribution is 2.43. The number of halogens is 3. The van der Waals surface area contributed by atoms with Crippen molar-refractivity contribution in [3.05, 3.63) is 77.6 Å². The third-order valence-electron chi connectivity index (χ3n) is 15.5. The van der Waals surface area contributed by atoms with Crippen molar-refractivity contribution in [2.45, 2.75) is 133 Å². The number of carbonyl (C=O) groups excluding carboxylic acids is 3.